The molecule has 0 aliphatic heterocycles. The fourth-order valence-electron chi connectivity index (χ4n) is 2.59. The lowest BCUT2D eigenvalue weighted by molar-refractivity contribution is -0.118. The number of anilines is 1. The topological polar surface area (TPSA) is 82.8 Å². The molecule has 1 fully saturated rings. The van der Waals surface area contributed by atoms with Gasteiger partial charge in [0, 0.05) is 19.3 Å². The highest BCUT2D eigenvalue weighted by molar-refractivity contribution is 5.94. The Morgan fingerprint density at radius 3 is 2.76 bits per heavy atom. The van der Waals surface area contributed by atoms with Gasteiger partial charge in [-0.05, 0) is 31.5 Å². The van der Waals surface area contributed by atoms with Crippen LogP contribution in [0, 0.1) is 0 Å². The summed E-state index contributed by atoms with van der Waals surface area (Å²) in [7, 11) is 3.25. The fourth-order valence-corrected chi connectivity index (χ4v) is 2.59. The molecule has 116 valence electrons. The fraction of sp³-hybridized carbons (Fsp3) is 0.533. The van der Waals surface area contributed by atoms with Crippen molar-refractivity contribution in [3.8, 4) is 5.75 Å². The van der Waals surface area contributed by atoms with Gasteiger partial charge < -0.3 is 25.3 Å². The number of nitrogens with two attached hydrogens (primary N) is 1. The Morgan fingerprint density at radius 2 is 2.19 bits per heavy atom. The zero-order valence-electron chi connectivity index (χ0n) is 12.6. The first-order valence-electron chi connectivity index (χ1n) is 6.99. The summed E-state index contributed by atoms with van der Waals surface area (Å²) >= 11 is 0. The molecular weight excluding hydrogens is 272 g/mol. The molecule has 0 heterocycles. The van der Waals surface area contributed by atoms with Crippen LogP contribution in [0.1, 0.15) is 23.7 Å². The van der Waals surface area contributed by atoms with E-state index in [1.165, 1.54) is 0 Å². The molecule has 1 amide bonds. The number of methoxy groups -OCH3 is 2. The highest BCUT2D eigenvalue weighted by Crippen LogP contribution is 2.33. The van der Waals surface area contributed by atoms with Crippen molar-refractivity contribution in [2.24, 2.45) is 5.73 Å². The summed E-state index contributed by atoms with van der Waals surface area (Å²) in [6.45, 7) is 2.63. The third kappa shape index (κ3) is 3.28. The van der Waals surface area contributed by atoms with Crippen LogP contribution in [0.2, 0.25) is 0 Å². The molecule has 1 saturated carbocycles. The van der Waals surface area contributed by atoms with Crippen LogP contribution < -0.4 is 15.8 Å². The maximum atomic E-state index is 11.3. The Balaban J connectivity index is 2.12. The van der Waals surface area contributed by atoms with E-state index in [9.17, 15) is 4.79 Å². The van der Waals surface area contributed by atoms with Crippen LogP contribution >= 0.6 is 0 Å². The third-order valence-electron chi connectivity index (χ3n) is 3.73. The summed E-state index contributed by atoms with van der Waals surface area (Å²) in [5.41, 5.74) is 6.48. The molecule has 21 heavy (non-hydrogen) atoms. The molecule has 1 aromatic rings. The third-order valence-corrected chi connectivity index (χ3v) is 3.73. The zero-order valence-corrected chi connectivity index (χ0v) is 12.6. The highest BCUT2D eigenvalue weighted by atomic mass is 16.5. The minimum Gasteiger partial charge on any atom is -0.495 e. The number of benzene rings is 1. The molecular formula is C15H22N2O4. The van der Waals surface area contributed by atoms with Gasteiger partial charge in [-0.2, -0.15) is 0 Å². The minimum absolute atomic E-state index is 0.0214. The lowest BCUT2D eigenvalue weighted by Crippen LogP contribution is -2.56. The lowest BCUT2D eigenvalue weighted by atomic mass is 9.85. The van der Waals surface area contributed by atoms with Crippen LogP contribution in [0.3, 0.4) is 0 Å². The first kappa shape index (κ1) is 15.6. The molecule has 6 nitrogen and oxygen atoms in total. The van der Waals surface area contributed by atoms with E-state index >= 15 is 0 Å². The summed E-state index contributed by atoms with van der Waals surface area (Å²) in [6.07, 6.45) is 0.922. The van der Waals surface area contributed by atoms with E-state index in [1.54, 1.807) is 32.4 Å². The van der Waals surface area contributed by atoms with Crippen molar-refractivity contribution in [2.75, 3.05) is 26.1 Å². The molecule has 0 radical (unpaired) electrons. The van der Waals surface area contributed by atoms with Gasteiger partial charge in [0.15, 0.2) is 0 Å². The smallest absolute Gasteiger partial charge is 0.248 e. The van der Waals surface area contributed by atoms with Gasteiger partial charge in [-0.25, -0.2) is 0 Å². The molecule has 0 bridgehead atoms. The maximum absolute atomic E-state index is 11.3. The Bertz CT molecular complexity index is 506. The van der Waals surface area contributed by atoms with Gasteiger partial charge in [0.25, 0.3) is 0 Å². The standard InChI is InChI=1S/C15H22N2O4/c1-4-21-13-8-11(14(13)20-3)17-10-7-9(15(16)18)5-6-12(10)19-2/h5-7,11,13-14,17H,4,8H2,1-3H3,(H2,16,18). The van der Waals surface area contributed by atoms with Gasteiger partial charge in [0.2, 0.25) is 5.91 Å². The molecule has 6 heteroatoms. The Morgan fingerprint density at radius 1 is 1.43 bits per heavy atom. The number of carbonyl (C=O) groups is 1. The van der Waals surface area contributed by atoms with E-state index < -0.39 is 5.91 Å². The first-order chi connectivity index (χ1) is 10.1. The largest absolute Gasteiger partial charge is 0.495 e. The van der Waals surface area contributed by atoms with Gasteiger partial charge >= 0.3 is 0 Å². The van der Waals surface area contributed by atoms with E-state index in [0.717, 1.165) is 12.1 Å². The van der Waals surface area contributed by atoms with Gasteiger partial charge in [0.1, 0.15) is 11.9 Å². The maximum Gasteiger partial charge on any atom is 0.248 e. The van der Waals surface area contributed by atoms with Crippen LogP contribution in [0.4, 0.5) is 5.69 Å². The van der Waals surface area contributed by atoms with Gasteiger partial charge in [-0.15, -0.1) is 0 Å². The van der Waals surface area contributed by atoms with Crippen LogP contribution in [-0.4, -0.2) is 45.0 Å². The summed E-state index contributed by atoms with van der Waals surface area (Å²) in [4.78, 5) is 11.3. The van der Waals surface area contributed by atoms with Crippen molar-refractivity contribution in [3.63, 3.8) is 0 Å². The minimum atomic E-state index is -0.468. The number of hydrogen-bond donors (Lipinski definition) is 2. The Hall–Kier alpha value is -1.79. The lowest BCUT2D eigenvalue weighted by Gasteiger charge is -2.43. The van der Waals surface area contributed by atoms with Crippen molar-refractivity contribution in [3.05, 3.63) is 23.8 Å². The van der Waals surface area contributed by atoms with Gasteiger partial charge in [-0.1, -0.05) is 0 Å². The van der Waals surface area contributed by atoms with E-state index in [-0.39, 0.29) is 18.2 Å². The number of hydrogen-bond acceptors (Lipinski definition) is 5. The molecule has 3 atom stereocenters. The molecule has 1 aliphatic carbocycles. The van der Waals surface area contributed by atoms with Crippen LogP contribution in [0.15, 0.2) is 18.2 Å². The van der Waals surface area contributed by atoms with E-state index in [1.807, 2.05) is 6.92 Å². The number of primary amides is 1. The second-order valence-corrected chi connectivity index (χ2v) is 4.96. The summed E-state index contributed by atoms with van der Waals surface area (Å²) in [5, 5.41) is 3.34. The molecule has 3 unspecified atom stereocenters. The second kappa shape index (κ2) is 6.78. The number of carbonyl (C=O) groups excluding carboxylic acids is 1. The molecule has 3 N–H and O–H groups in total. The SMILES string of the molecule is CCOC1CC(Nc2cc(C(N)=O)ccc2OC)C1OC. The van der Waals surface area contributed by atoms with Crippen LogP contribution in [0.25, 0.3) is 0 Å². The number of rotatable bonds is 7. The van der Waals surface area contributed by atoms with Crippen LogP contribution in [0.5, 0.6) is 5.75 Å². The molecule has 2 rings (SSSR count). The Labute approximate surface area is 124 Å². The van der Waals surface area contributed by atoms with E-state index in [4.69, 9.17) is 19.9 Å². The molecule has 0 saturated heterocycles. The number of ether oxygens (including phenoxy) is 3. The van der Waals surface area contributed by atoms with Crippen molar-refractivity contribution in [1.29, 1.82) is 0 Å². The monoisotopic (exact) mass is 294 g/mol. The molecule has 1 aliphatic rings. The average Bonchev–Trinajstić information content (AvgIpc) is 2.46. The van der Waals surface area contributed by atoms with Crippen LogP contribution in [-0.2, 0) is 9.47 Å². The molecule has 0 aromatic heterocycles. The van der Waals surface area contributed by atoms with Crippen molar-refractivity contribution in [2.45, 2.75) is 31.6 Å². The number of amides is 1. The average molecular weight is 294 g/mol. The highest BCUT2D eigenvalue weighted by Gasteiger charge is 2.42. The van der Waals surface area contributed by atoms with Crippen molar-refractivity contribution < 1.29 is 19.0 Å². The van der Waals surface area contributed by atoms with Gasteiger partial charge in [-0.3, -0.25) is 4.79 Å². The van der Waals surface area contributed by atoms with Crippen molar-refractivity contribution >= 4 is 11.6 Å². The normalized spacial score (nSPS) is 24.2. The number of nitrogens with one attached hydrogen (secondary N) is 1. The summed E-state index contributed by atoms with van der Waals surface area (Å²) in [6, 6.07) is 5.18. The second-order valence-electron chi connectivity index (χ2n) is 4.96. The first-order valence-corrected chi connectivity index (χ1v) is 6.99. The van der Waals surface area contributed by atoms with E-state index in [0.29, 0.717) is 17.9 Å². The predicted molar refractivity (Wildman–Crippen MR) is 79.8 cm³/mol. The van der Waals surface area contributed by atoms with E-state index in [2.05, 4.69) is 5.32 Å². The van der Waals surface area contributed by atoms with Crippen molar-refractivity contribution in [1.82, 2.24) is 0 Å². The molecule has 0 spiro atoms. The zero-order chi connectivity index (χ0) is 15.4. The Kier molecular flexibility index (Phi) is 5.03. The summed E-state index contributed by atoms with van der Waals surface area (Å²) < 4.78 is 16.4. The quantitative estimate of drug-likeness (QED) is 0.794. The summed E-state index contributed by atoms with van der Waals surface area (Å²) in [5.74, 6) is 0.194. The predicted octanol–water partition coefficient (Wildman–Crippen LogP) is 1.40. The molecule has 1 aromatic carbocycles. The van der Waals surface area contributed by atoms with Gasteiger partial charge in [0.05, 0.1) is 24.9 Å².